The predicted octanol–water partition coefficient (Wildman–Crippen LogP) is 2.50. The van der Waals surface area contributed by atoms with Crippen molar-refractivity contribution < 1.29 is 14.5 Å². The van der Waals surface area contributed by atoms with Gasteiger partial charge in [0, 0.05) is 36.5 Å². The third-order valence-corrected chi connectivity index (χ3v) is 4.69. The van der Waals surface area contributed by atoms with Crippen LogP contribution in [0.4, 0.5) is 11.4 Å². The topological polar surface area (TPSA) is 117 Å². The lowest BCUT2D eigenvalue weighted by Crippen LogP contribution is -2.40. The van der Waals surface area contributed by atoms with Crippen LogP contribution in [0.25, 0.3) is 16.9 Å². The van der Waals surface area contributed by atoms with E-state index in [4.69, 9.17) is 10.5 Å². The summed E-state index contributed by atoms with van der Waals surface area (Å²) < 4.78 is 6.89. The number of nitrogen functional groups attached to an aromatic ring is 1. The highest BCUT2D eigenvalue weighted by Crippen LogP contribution is 2.28. The van der Waals surface area contributed by atoms with Gasteiger partial charge >= 0.3 is 0 Å². The number of benzene rings is 2. The van der Waals surface area contributed by atoms with Crippen molar-refractivity contribution in [3.8, 4) is 16.9 Å². The van der Waals surface area contributed by atoms with Crippen LogP contribution in [0.5, 0.6) is 0 Å². The van der Waals surface area contributed by atoms with Crippen molar-refractivity contribution in [3.63, 3.8) is 0 Å². The number of carbonyl (C=O) groups is 1. The minimum absolute atomic E-state index is 0.0381. The second kappa shape index (κ2) is 7.72. The van der Waals surface area contributed by atoms with E-state index >= 15 is 0 Å². The summed E-state index contributed by atoms with van der Waals surface area (Å²) in [7, 11) is 0. The number of nitrogens with two attached hydrogens (primary N) is 1. The zero-order chi connectivity index (χ0) is 20.4. The van der Waals surface area contributed by atoms with Crippen LogP contribution in [0.3, 0.4) is 0 Å². The largest absolute Gasteiger partial charge is 0.399 e. The van der Waals surface area contributed by atoms with E-state index in [0.717, 1.165) is 0 Å². The maximum atomic E-state index is 12.9. The molecule has 0 atom stereocenters. The van der Waals surface area contributed by atoms with Gasteiger partial charge in [0.1, 0.15) is 0 Å². The Kier molecular flexibility index (Phi) is 4.96. The Bertz CT molecular complexity index is 1070. The maximum Gasteiger partial charge on any atom is 0.274 e. The molecule has 29 heavy (non-hydrogen) atoms. The number of non-ortho nitro benzene ring substituents is 1. The Balaban J connectivity index is 1.82. The molecule has 1 amide bonds. The van der Waals surface area contributed by atoms with Gasteiger partial charge in [-0.15, -0.1) is 0 Å². The van der Waals surface area contributed by atoms with Crippen LogP contribution >= 0.6 is 0 Å². The van der Waals surface area contributed by atoms with Crippen molar-refractivity contribution >= 4 is 17.3 Å². The van der Waals surface area contributed by atoms with Crippen molar-refractivity contribution in [2.45, 2.75) is 0 Å². The Morgan fingerprint density at radius 3 is 2.59 bits per heavy atom. The highest BCUT2D eigenvalue weighted by Gasteiger charge is 2.24. The van der Waals surface area contributed by atoms with Gasteiger partial charge in [-0.2, -0.15) is 5.10 Å². The van der Waals surface area contributed by atoms with Gasteiger partial charge in [-0.1, -0.05) is 18.2 Å². The van der Waals surface area contributed by atoms with E-state index in [-0.39, 0.29) is 17.3 Å². The molecule has 4 rings (SSSR count). The number of amides is 1. The minimum atomic E-state index is -0.454. The number of carbonyl (C=O) groups excluding carboxylic acids is 1. The number of nitro benzene ring substituents is 1. The number of aromatic nitrogens is 2. The summed E-state index contributed by atoms with van der Waals surface area (Å²) >= 11 is 0. The molecule has 1 aliphatic rings. The molecule has 1 saturated heterocycles. The summed E-state index contributed by atoms with van der Waals surface area (Å²) in [4.78, 5) is 25.4. The Hall–Kier alpha value is -3.72. The normalized spacial score (nSPS) is 14.0. The number of hydrogen-bond acceptors (Lipinski definition) is 6. The Labute approximate surface area is 166 Å². The molecule has 1 fully saturated rings. The molecule has 0 spiro atoms. The van der Waals surface area contributed by atoms with Gasteiger partial charge in [0.05, 0.1) is 29.5 Å². The molecular weight excluding hydrogens is 374 g/mol. The number of hydrogen-bond donors (Lipinski definition) is 1. The highest BCUT2D eigenvalue weighted by molar-refractivity contribution is 5.93. The first-order chi connectivity index (χ1) is 14.0. The molecule has 2 aromatic carbocycles. The third-order valence-electron chi connectivity index (χ3n) is 4.69. The zero-order valence-corrected chi connectivity index (χ0v) is 15.5. The maximum absolute atomic E-state index is 12.9. The first-order valence-corrected chi connectivity index (χ1v) is 9.11. The van der Waals surface area contributed by atoms with E-state index in [2.05, 4.69) is 5.10 Å². The molecule has 0 unspecified atom stereocenters. The molecule has 0 saturated carbocycles. The number of rotatable bonds is 4. The average Bonchev–Trinajstić information content (AvgIpc) is 3.19. The zero-order valence-electron chi connectivity index (χ0n) is 15.5. The number of morpholine rings is 1. The number of anilines is 1. The fourth-order valence-corrected chi connectivity index (χ4v) is 3.25. The van der Waals surface area contributed by atoms with Crippen LogP contribution in [-0.4, -0.2) is 51.8 Å². The van der Waals surface area contributed by atoms with Gasteiger partial charge in [-0.3, -0.25) is 14.9 Å². The number of nitrogens with zero attached hydrogens (tertiary/aromatic N) is 4. The van der Waals surface area contributed by atoms with Crippen LogP contribution in [0.1, 0.15) is 10.5 Å². The van der Waals surface area contributed by atoms with Gasteiger partial charge in [-0.05, 0) is 24.3 Å². The molecule has 9 heteroatoms. The Morgan fingerprint density at radius 2 is 1.86 bits per heavy atom. The minimum Gasteiger partial charge on any atom is -0.399 e. The molecule has 3 aromatic rings. The molecule has 2 N–H and O–H groups in total. The van der Waals surface area contributed by atoms with Crippen molar-refractivity contribution in [2.24, 2.45) is 0 Å². The lowest BCUT2D eigenvalue weighted by molar-refractivity contribution is -0.384. The number of nitro groups is 1. The molecule has 9 nitrogen and oxygen atoms in total. The average molecular weight is 393 g/mol. The summed E-state index contributed by atoms with van der Waals surface area (Å²) in [6.45, 7) is 1.96. The summed E-state index contributed by atoms with van der Waals surface area (Å²) in [5.74, 6) is -0.206. The second-order valence-corrected chi connectivity index (χ2v) is 6.63. The van der Waals surface area contributed by atoms with Crippen LogP contribution in [0.2, 0.25) is 0 Å². The van der Waals surface area contributed by atoms with Gasteiger partial charge in [-0.25, -0.2) is 4.68 Å². The van der Waals surface area contributed by atoms with Crippen molar-refractivity contribution in [2.75, 3.05) is 32.0 Å². The van der Waals surface area contributed by atoms with Crippen LogP contribution in [-0.2, 0) is 4.74 Å². The number of ether oxygens (including phenoxy) is 1. The molecule has 0 bridgehead atoms. The van der Waals surface area contributed by atoms with Gasteiger partial charge < -0.3 is 15.4 Å². The van der Waals surface area contributed by atoms with Crippen molar-refractivity contribution in [1.82, 2.24) is 14.7 Å². The lowest BCUT2D eigenvalue weighted by atomic mass is 10.1. The Morgan fingerprint density at radius 1 is 1.10 bits per heavy atom. The van der Waals surface area contributed by atoms with Crippen molar-refractivity contribution in [3.05, 3.63) is 70.4 Å². The molecule has 2 heterocycles. The third kappa shape index (κ3) is 3.81. The molecular formula is C20H19N5O4. The van der Waals surface area contributed by atoms with Crippen LogP contribution < -0.4 is 5.73 Å². The van der Waals surface area contributed by atoms with E-state index in [9.17, 15) is 14.9 Å². The monoisotopic (exact) mass is 393 g/mol. The van der Waals surface area contributed by atoms with Crippen LogP contribution in [0.15, 0.2) is 54.6 Å². The molecule has 0 aliphatic carbocycles. The molecule has 0 radical (unpaired) electrons. The van der Waals surface area contributed by atoms with Crippen molar-refractivity contribution in [1.29, 1.82) is 0 Å². The standard InChI is InChI=1S/C20H19N5O4/c21-15-4-2-5-16(12-15)24-19(14-3-1-6-17(11-14)25(27)28)13-18(22-24)20(26)23-7-9-29-10-8-23/h1-6,11-13H,7-10,21H2. The van der Waals surface area contributed by atoms with E-state index in [1.165, 1.54) is 12.1 Å². The summed E-state index contributed by atoms with van der Waals surface area (Å²) in [5, 5.41) is 15.7. The van der Waals surface area contributed by atoms with Gasteiger partial charge in [0.2, 0.25) is 0 Å². The predicted molar refractivity (Wildman–Crippen MR) is 107 cm³/mol. The van der Waals surface area contributed by atoms with Crippen LogP contribution in [0, 0.1) is 10.1 Å². The summed E-state index contributed by atoms with van der Waals surface area (Å²) in [6, 6.07) is 15.0. The van der Waals surface area contributed by atoms with Gasteiger partial charge in [0.15, 0.2) is 5.69 Å². The molecule has 1 aromatic heterocycles. The SMILES string of the molecule is Nc1cccc(-n2nc(C(=O)N3CCOCC3)cc2-c2cccc([N+](=O)[O-])c2)c1. The van der Waals surface area contributed by atoms with E-state index in [1.807, 2.05) is 6.07 Å². The molecule has 148 valence electrons. The highest BCUT2D eigenvalue weighted by atomic mass is 16.6. The van der Waals surface area contributed by atoms with E-state index < -0.39 is 4.92 Å². The fraction of sp³-hybridized carbons (Fsp3) is 0.200. The fourth-order valence-electron chi connectivity index (χ4n) is 3.25. The van der Waals surface area contributed by atoms with E-state index in [1.54, 1.807) is 46.0 Å². The summed E-state index contributed by atoms with van der Waals surface area (Å²) in [5.41, 5.74) is 8.48. The molecule has 1 aliphatic heterocycles. The van der Waals surface area contributed by atoms with E-state index in [0.29, 0.717) is 48.9 Å². The first kappa shape index (κ1) is 18.6. The quantitative estimate of drug-likeness (QED) is 0.413. The summed E-state index contributed by atoms with van der Waals surface area (Å²) in [6.07, 6.45) is 0. The smallest absolute Gasteiger partial charge is 0.274 e. The van der Waals surface area contributed by atoms with Gasteiger partial charge in [0.25, 0.3) is 11.6 Å². The second-order valence-electron chi connectivity index (χ2n) is 6.63. The lowest BCUT2D eigenvalue weighted by Gasteiger charge is -2.25. The first-order valence-electron chi connectivity index (χ1n) is 9.11.